The molecule has 0 bridgehead atoms. The molecule has 3 rings (SSSR count). The van der Waals surface area contributed by atoms with Crippen molar-refractivity contribution in [2.24, 2.45) is 5.92 Å². The molecule has 0 amide bonds. The molecule has 2 aliphatic rings. The van der Waals surface area contributed by atoms with Crippen molar-refractivity contribution in [2.45, 2.75) is 57.5 Å². The molecule has 1 aromatic carbocycles. The molecule has 1 saturated heterocycles. The molecule has 21 heavy (non-hydrogen) atoms. The predicted octanol–water partition coefficient (Wildman–Crippen LogP) is 3.99. The van der Waals surface area contributed by atoms with Gasteiger partial charge in [0.1, 0.15) is 0 Å². The minimum absolute atomic E-state index is 0.522. The molecule has 116 valence electrons. The van der Waals surface area contributed by atoms with Gasteiger partial charge in [0, 0.05) is 31.7 Å². The summed E-state index contributed by atoms with van der Waals surface area (Å²) in [6.07, 6.45) is 8.56. The smallest absolute Gasteiger partial charge is 0.0449 e. The third kappa shape index (κ3) is 3.87. The highest BCUT2D eigenvalue weighted by molar-refractivity contribution is 5.19. The van der Waals surface area contributed by atoms with Crippen LogP contribution in [-0.2, 0) is 0 Å². The Labute approximate surface area is 129 Å². The summed E-state index contributed by atoms with van der Waals surface area (Å²) in [5.74, 6) is 1.01. The number of rotatable bonds is 4. The molecular weight excluding hydrogens is 256 g/mol. The monoisotopic (exact) mass is 286 g/mol. The fraction of sp³-hybridized carbons (Fsp3) is 0.684. The van der Waals surface area contributed by atoms with Crippen LogP contribution >= 0.6 is 0 Å². The second kappa shape index (κ2) is 7.42. The topological polar surface area (TPSA) is 15.3 Å². The van der Waals surface area contributed by atoms with Crippen LogP contribution in [0.3, 0.4) is 0 Å². The molecule has 1 N–H and O–H groups in total. The van der Waals surface area contributed by atoms with Crippen molar-refractivity contribution < 1.29 is 0 Å². The molecule has 0 spiro atoms. The van der Waals surface area contributed by atoms with Crippen molar-refractivity contribution in [1.82, 2.24) is 10.2 Å². The fourth-order valence-electron chi connectivity index (χ4n) is 4.22. The standard InChI is InChI=1S/C19H30N2/c1-2-6-16-9-11-18(12-10-16)21-14-13-20-19(15-21)17-7-4-3-5-8-17/h3-5,7-8,16,18-20H,2,6,9-15H2,1H3. The van der Waals surface area contributed by atoms with Crippen LogP contribution in [0.1, 0.15) is 57.1 Å². The van der Waals surface area contributed by atoms with Crippen molar-refractivity contribution in [1.29, 1.82) is 0 Å². The Morgan fingerprint density at radius 2 is 1.86 bits per heavy atom. The summed E-state index contributed by atoms with van der Waals surface area (Å²) in [5, 5.41) is 3.69. The van der Waals surface area contributed by atoms with Crippen LogP contribution in [0.4, 0.5) is 0 Å². The molecule has 1 atom stereocenters. The van der Waals surface area contributed by atoms with E-state index in [4.69, 9.17) is 0 Å². The van der Waals surface area contributed by atoms with Crippen molar-refractivity contribution >= 4 is 0 Å². The van der Waals surface area contributed by atoms with E-state index in [1.165, 1.54) is 57.2 Å². The van der Waals surface area contributed by atoms with E-state index in [1.54, 1.807) is 0 Å². The van der Waals surface area contributed by atoms with Gasteiger partial charge in [0.25, 0.3) is 0 Å². The lowest BCUT2D eigenvalue weighted by molar-refractivity contribution is 0.100. The van der Waals surface area contributed by atoms with Gasteiger partial charge in [-0.3, -0.25) is 4.90 Å². The van der Waals surface area contributed by atoms with E-state index in [9.17, 15) is 0 Å². The number of nitrogens with zero attached hydrogens (tertiary/aromatic N) is 1. The summed E-state index contributed by atoms with van der Waals surface area (Å²) >= 11 is 0. The maximum absolute atomic E-state index is 3.69. The highest BCUT2D eigenvalue weighted by atomic mass is 15.2. The van der Waals surface area contributed by atoms with Gasteiger partial charge in [-0.25, -0.2) is 0 Å². The Kier molecular flexibility index (Phi) is 5.32. The third-order valence-corrected chi connectivity index (χ3v) is 5.44. The van der Waals surface area contributed by atoms with Crippen molar-refractivity contribution in [3.05, 3.63) is 35.9 Å². The van der Waals surface area contributed by atoms with E-state index >= 15 is 0 Å². The first-order chi connectivity index (χ1) is 10.4. The van der Waals surface area contributed by atoms with Crippen LogP contribution in [0.25, 0.3) is 0 Å². The predicted molar refractivity (Wildman–Crippen MR) is 89.4 cm³/mol. The normalized spacial score (nSPS) is 31.2. The molecule has 1 aromatic rings. The van der Waals surface area contributed by atoms with Gasteiger partial charge < -0.3 is 5.32 Å². The largest absolute Gasteiger partial charge is 0.308 e. The Morgan fingerprint density at radius 3 is 2.57 bits per heavy atom. The number of benzene rings is 1. The van der Waals surface area contributed by atoms with Crippen LogP contribution in [0.15, 0.2) is 30.3 Å². The second-order valence-corrected chi connectivity index (χ2v) is 6.88. The van der Waals surface area contributed by atoms with Gasteiger partial charge in [-0.05, 0) is 37.2 Å². The summed E-state index contributed by atoms with van der Waals surface area (Å²) < 4.78 is 0. The van der Waals surface area contributed by atoms with E-state index in [-0.39, 0.29) is 0 Å². The van der Waals surface area contributed by atoms with Crippen LogP contribution < -0.4 is 5.32 Å². The first kappa shape index (κ1) is 15.1. The number of piperazine rings is 1. The molecule has 1 unspecified atom stereocenters. The maximum atomic E-state index is 3.69. The van der Waals surface area contributed by atoms with Crippen molar-refractivity contribution in [3.8, 4) is 0 Å². The SMILES string of the molecule is CCCC1CCC(N2CCNC(c3ccccc3)C2)CC1. The fourth-order valence-corrected chi connectivity index (χ4v) is 4.22. The van der Waals surface area contributed by atoms with Gasteiger partial charge in [-0.1, -0.05) is 50.1 Å². The van der Waals surface area contributed by atoms with Gasteiger partial charge in [0.05, 0.1) is 0 Å². The Morgan fingerprint density at radius 1 is 1.10 bits per heavy atom. The zero-order valence-corrected chi connectivity index (χ0v) is 13.4. The molecule has 2 heteroatoms. The van der Waals surface area contributed by atoms with Crippen molar-refractivity contribution in [2.75, 3.05) is 19.6 Å². The highest BCUT2D eigenvalue weighted by Gasteiger charge is 2.29. The van der Waals surface area contributed by atoms with Crippen LogP contribution in [0.2, 0.25) is 0 Å². The second-order valence-electron chi connectivity index (χ2n) is 6.88. The minimum atomic E-state index is 0.522. The molecule has 1 aliphatic heterocycles. The van der Waals surface area contributed by atoms with Gasteiger partial charge in [-0.2, -0.15) is 0 Å². The van der Waals surface area contributed by atoms with E-state index < -0.39 is 0 Å². The molecule has 0 radical (unpaired) electrons. The first-order valence-corrected chi connectivity index (χ1v) is 8.89. The molecule has 1 aliphatic carbocycles. The zero-order valence-electron chi connectivity index (χ0n) is 13.4. The maximum Gasteiger partial charge on any atom is 0.0449 e. The van der Waals surface area contributed by atoms with Crippen molar-refractivity contribution in [3.63, 3.8) is 0 Å². The molecular formula is C19H30N2. The average Bonchev–Trinajstić information content (AvgIpc) is 2.57. The van der Waals surface area contributed by atoms with Crippen LogP contribution in [0.5, 0.6) is 0 Å². The van der Waals surface area contributed by atoms with Gasteiger partial charge in [0.2, 0.25) is 0 Å². The lowest BCUT2D eigenvalue weighted by atomic mass is 9.82. The summed E-state index contributed by atoms with van der Waals surface area (Å²) in [4.78, 5) is 2.76. The first-order valence-electron chi connectivity index (χ1n) is 8.89. The third-order valence-electron chi connectivity index (χ3n) is 5.44. The molecule has 2 nitrogen and oxygen atoms in total. The lowest BCUT2D eigenvalue weighted by Gasteiger charge is -2.42. The van der Waals surface area contributed by atoms with Crippen LogP contribution in [-0.4, -0.2) is 30.6 Å². The summed E-state index contributed by atoms with van der Waals surface area (Å²) in [6.45, 7) is 5.88. The van der Waals surface area contributed by atoms with E-state index in [1.807, 2.05) is 0 Å². The van der Waals surface area contributed by atoms with Gasteiger partial charge in [-0.15, -0.1) is 0 Å². The Balaban J connectivity index is 1.55. The number of nitrogens with one attached hydrogen (secondary N) is 1. The Hall–Kier alpha value is -0.860. The van der Waals surface area contributed by atoms with E-state index in [2.05, 4.69) is 47.5 Å². The molecule has 1 heterocycles. The quantitative estimate of drug-likeness (QED) is 0.900. The molecule has 2 fully saturated rings. The van der Waals surface area contributed by atoms with E-state index in [0.29, 0.717) is 6.04 Å². The average molecular weight is 286 g/mol. The summed E-state index contributed by atoms with van der Waals surface area (Å²) in [5.41, 5.74) is 1.45. The Bertz CT molecular complexity index is 409. The van der Waals surface area contributed by atoms with Gasteiger partial charge >= 0.3 is 0 Å². The molecule has 0 aromatic heterocycles. The van der Waals surface area contributed by atoms with Crippen LogP contribution in [0, 0.1) is 5.92 Å². The van der Waals surface area contributed by atoms with Gasteiger partial charge in [0.15, 0.2) is 0 Å². The number of hydrogen-bond acceptors (Lipinski definition) is 2. The van der Waals surface area contributed by atoms with E-state index in [0.717, 1.165) is 18.5 Å². The zero-order chi connectivity index (χ0) is 14.5. The summed E-state index contributed by atoms with van der Waals surface area (Å²) in [7, 11) is 0. The lowest BCUT2D eigenvalue weighted by Crippen LogP contribution is -2.50. The highest BCUT2D eigenvalue weighted by Crippen LogP contribution is 2.31. The summed E-state index contributed by atoms with van der Waals surface area (Å²) in [6, 6.07) is 12.3. The minimum Gasteiger partial charge on any atom is -0.308 e. The number of hydrogen-bond donors (Lipinski definition) is 1. The molecule has 1 saturated carbocycles.